The Morgan fingerprint density at radius 2 is 1.24 bits per heavy atom. The van der Waals surface area contributed by atoms with Crippen molar-refractivity contribution >= 4 is 22.7 Å². The molecule has 0 spiro atoms. The molecule has 8 nitrogen and oxygen atoms in total. The fraction of sp³-hybridized carbons (Fsp3) is 0.0769. The van der Waals surface area contributed by atoms with Crippen molar-refractivity contribution in [3.63, 3.8) is 0 Å². The van der Waals surface area contributed by atoms with Crippen molar-refractivity contribution in [2.45, 2.75) is 0 Å². The van der Waals surface area contributed by atoms with E-state index < -0.39 is 9.85 Å². The Morgan fingerprint density at radius 3 is 1.57 bits per heavy atom. The number of para-hydroxylation sites is 4. The maximum absolute atomic E-state index is 11.1. The Hall–Kier alpha value is -2.84. The normalized spacial score (nSPS) is 10.6. The predicted octanol–water partition coefficient (Wildman–Crippen LogP) is 1.91. The Bertz CT molecular complexity index is 632. The zero-order valence-corrected chi connectivity index (χ0v) is 11.1. The minimum Gasteiger partial charge on any atom is -0.258 e. The molecule has 0 aromatic heterocycles. The zero-order chi connectivity index (χ0) is 15.4. The average Bonchev–Trinajstić information content (AvgIpc) is 2.48. The Morgan fingerprint density at radius 1 is 0.857 bits per heavy atom. The molecule has 0 aliphatic rings. The van der Waals surface area contributed by atoms with Gasteiger partial charge in [-0.2, -0.15) is 4.84 Å². The van der Waals surface area contributed by atoms with Crippen LogP contribution in [0.2, 0.25) is 0 Å². The van der Waals surface area contributed by atoms with E-state index in [0.717, 1.165) is 0 Å². The molecule has 0 atom stereocenters. The largest absolute Gasteiger partial charge is 0.332 e. The lowest BCUT2D eigenvalue weighted by Crippen LogP contribution is -3.00. The number of hydrogen-bond donors (Lipinski definition) is 1. The highest BCUT2D eigenvalue weighted by atomic mass is 16.7. The smallest absolute Gasteiger partial charge is 0.258 e. The van der Waals surface area contributed by atoms with E-state index in [9.17, 15) is 20.2 Å². The number of rotatable bonds is 5. The summed E-state index contributed by atoms with van der Waals surface area (Å²) in [7, 11) is 1.32. The number of nitrogens with one attached hydrogen (secondary N) is 1. The van der Waals surface area contributed by atoms with E-state index in [1.165, 1.54) is 43.5 Å². The first-order valence-electron chi connectivity index (χ1n) is 5.94. The van der Waals surface area contributed by atoms with Gasteiger partial charge in [0.2, 0.25) is 11.4 Å². The molecule has 0 bridgehead atoms. The molecule has 0 saturated carbocycles. The van der Waals surface area contributed by atoms with Gasteiger partial charge < -0.3 is 0 Å². The molecule has 0 aliphatic carbocycles. The minimum absolute atomic E-state index is 0.0922. The van der Waals surface area contributed by atoms with E-state index in [1.54, 1.807) is 12.1 Å². The molecule has 8 heteroatoms. The van der Waals surface area contributed by atoms with Crippen LogP contribution in [0.1, 0.15) is 0 Å². The summed E-state index contributed by atoms with van der Waals surface area (Å²) in [5.74, 6) is 0. The summed E-state index contributed by atoms with van der Waals surface area (Å²) < 4.78 is 0. The molecule has 0 radical (unpaired) electrons. The van der Waals surface area contributed by atoms with Gasteiger partial charge in [0.1, 0.15) is 0 Å². The van der Waals surface area contributed by atoms with E-state index in [-0.39, 0.29) is 27.8 Å². The summed E-state index contributed by atoms with van der Waals surface area (Å²) in [6, 6.07) is 11.9. The molecule has 0 heterocycles. The molecule has 0 amide bonds. The highest BCUT2D eigenvalue weighted by Crippen LogP contribution is 2.25. The molecule has 0 unspecified atom stereocenters. The summed E-state index contributed by atoms with van der Waals surface area (Å²) in [4.78, 5) is 26.3. The van der Waals surface area contributed by atoms with E-state index in [1.807, 2.05) is 0 Å². The van der Waals surface area contributed by atoms with Crippen LogP contribution < -0.4 is 5.06 Å². The number of nitrogens with zero attached hydrogens (tertiary/aromatic N) is 2. The van der Waals surface area contributed by atoms with Crippen molar-refractivity contribution in [2.75, 3.05) is 7.11 Å². The van der Waals surface area contributed by atoms with Crippen LogP contribution in [0.5, 0.6) is 0 Å². The van der Waals surface area contributed by atoms with Gasteiger partial charge in [-0.3, -0.25) is 20.2 Å². The standard InChI is InChI=1S/C13H11N3O5/c1-21-14(10-6-2-4-8-12(10)15(17)18)11-7-3-5-9-13(11)16(19)20/h2-9H,1H3/p+1. The predicted molar refractivity (Wildman–Crippen MR) is 73.5 cm³/mol. The van der Waals surface area contributed by atoms with Gasteiger partial charge in [-0.05, 0) is 0 Å². The van der Waals surface area contributed by atoms with E-state index in [2.05, 4.69) is 0 Å². The molecule has 0 aliphatic heterocycles. The molecule has 108 valence electrons. The van der Waals surface area contributed by atoms with Crippen molar-refractivity contribution in [1.29, 1.82) is 0 Å². The Balaban J connectivity index is 2.61. The molecule has 1 N–H and O–H groups in total. The maximum atomic E-state index is 11.1. The van der Waals surface area contributed by atoms with Crippen molar-refractivity contribution in [3.05, 3.63) is 68.8 Å². The molecular formula is C13H12N3O5+. The van der Waals surface area contributed by atoms with Gasteiger partial charge in [0, 0.05) is 24.3 Å². The van der Waals surface area contributed by atoms with E-state index in [0.29, 0.717) is 0 Å². The SMILES string of the molecule is CO[NH+](c1ccccc1[N+](=O)[O-])c1ccccc1[N+](=O)[O-]. The summed E-state index contributed by atoms with van der Waals surface area (Å²) in [5.41, 5.74) is 0.0404. The van der Waals surface area contributed by atoms with E-state index in [4.69, 9.17) is 4.84 Å². The van der Waals surface area contributed by atoms with Gasteiger partial charge in [0.25, 0.3) is 0 Å². The average molecular weight is 290 g/mol. The maximum Gasteiger partial charge on any atom is 0.332 e. The lowest BCUT2D eigenvalue weighted by Gasteiger charge is -2.13. The first-order valence-corrected chi connectivity index (χ1v) is 5.94. The van der Waals surface area contributed by atoms with Crippen molar-refractivity contribution < 1.29 is 19.7 Å². The van der Waals surface area contributed by atoms with Crippen molar-refractivity contribution in [3.8, 4) is 0 Å². The molecule has 0 fully saturated rings. The van der Waals surface area contributed by atoms with Gasteiger partial charge in [-0.25, -0.2) is 0 Å². The zero-order valence-electron chi connectivity index (χ0n) is 11.1. The number of nitro benzene ring substituents is 2. The second-order valence-electron chi connectivity index (χ2n) is 4.08. The first-order chi connectivity index (χ1) is 10.1. The number of nitro groups is 2. The molecule has 0 saturated heterocycles. The molecule has 21 heavy (non-hydrogen) atoms. The van der Waals surface area contributed by atoms with Gasteiger partial charge in [0.05, 0.1) is 17.0 Å². The van der Waals surface area contributed by atoms with Crippen molar-refractivity contribution in [2.24, 2.45) is 0 Å². The molecule has 2 aromatic carbocycles. The lowest BCUT2D eigenvalue weighted by atomic mass is 10.2. The van der Waals surface area contributed by atoms with Crippen LogP contribution in [-0.4, -0.2) is 17.0 Å². The van der Waals surface area contributed by atoms with Gasteiger partial charge >= 0.3 is 11.4 Å². The number of benzene rings is 2. The first kappa shape index (κ1) is 14.6. The highest BCUT2D eigenvalue weighted by molar-refractivity contribution is 5.58. The summed E-state index contributed by atoms with van der Waals surface area (Å²) in [5, 5.41) is 22.3. The van der Waals surface area contributed by atoms with E-state index >= 15 is 0 Å². The molecule has 2 rings (SSSR count). The van der Waals surface area contributed by atoms with Crippen LogP contribution in [0.25, 0.3) is 0 Å². The highest BCUT2D eigenvalue weighted by Gasteiger charge is 2.32. The molecular weight excluding hydrogens is 278 g/mol. The quantitative estimate of drug-likeness (QED) is 0.669. The third-order valence-corrected chi connectivity index (χ3v) is 2.89. The van der Waals surface area contributed by atoms with Crippen LogP contribution in [-0.2, 0) is 4.84 Å². The third-order valence-electron chi connectivity index (χ3n) is 2.89. The third kappa shape index (κ3) is 2.86. The summed E-state index contributed by atoms with van der Waals surface area (Å²) >= 11 is 0. The van der Waals surface area contributed by atoms with Crippen LogP contribution >= 0.6 is 0 Å². The summed E-state index contributed by atoms with van der Waals surface area (Å²) in [6.07, 6.45) is 0. The van der Waals surface area contributed by atoms with Crippen LogP contribution in [0.4, 0.5) is 22.7 Å². The number of quaternary nitrogens is 1. The van der Waals surface area contributed by atoms with Gasteiger partial charge in [-0.15, -0.1) is 5.06 Å². The van der Waals surface area contributed by atoms with Crippen molar-refractivity contribution in [1.82, 2.24) is 0 Å². The topological polar surface area (TPSA) is 100.0 Å². The van der Waals surface area contributed by atoms with Gasteiger partial charge in [0.15, 0.2) is 0 Å². The van der Waals surface area contributed by atoms with Crippen LogP contribution in [0.15, 0.2) is 48.5 Å². The molecule has 2 aromatic rings. The fourth-order valence-electron chi connectivity index (χ4n) is 2.01. The Labute approximate surface area is 119 Å². The van der Waals surface area contributed by atoms with Crippen LogP contribution in [0.3, 0.4) is 0 Å². The van der Waals surface area contributed by atoms with Gasteiger partial charge in [-0.1, -0.05) is 24.3 Å². The monoisotopic (exact) mass is 290 g/mol. The fourth-order valence-corrected chi connectivity index (χ4v) is 2.01. The summed E-state index contributed by atoms with van der Waals surface area (Å²) in [6.45, 7) is 0. The van der Waals surface area contributed by atoms with Crippen LogP contribution in [0, 0.1) is 20.2 Å². The Kier molecular flexibility index (Phi) is 4.21. The second-order valence-corrected chi connectivity index (χ2v) is 4.08. The number of hydrogen-bond acceptors (Lipinski definition) is 5. The minimum atomic E-state index is -0.552. The lowest BCUT2D eigenvalue weighted by molar-refractivity contribution is -0.980. The second kappa shape index (κ2) is 6.07.